The van der Waals surface area contributed by atoms with Gasteiger partial charge in [-0.3, -0.25) is 4.79 Å². The monoisotopic (exact) mass is 284 g/mol. The predicted octanol–water partition coefficient (Wildman–Crippen LogP) is 3.66. The van der Waals surface area contributed by atoms with Crippen LogP contribution in [0.4, 0.5) is 15.8 Å². The molecule has 0 fully saturated rings. The van der Waals surface area contributed by atoms with E-state index in [0.29, 0.717) is 12.1 Å². The molecule has 3 N–H and O–H groups in total. The van der Waals surface area contributed by atoms with E-state index in [1.165, 1.54) is 37.5 Å². The summed E-state index contributed by atoms with van der Waals surface area (Å²) in [6, 6.07) is 4.20. The van der Waals surface area contributed by atoms with E-state index in [1.54, 1.807) is 11.8 Å². The molecule has 19 heavy (non-hydrogen) atoms. The van der Waals surface area contributed by atoms with Crippen LogP contribution in [0.25, 0.3) is 0 Å². The molecule has 0 aromatic heterocycles. The second-order valence-corrected chi connectivity index (χ2v) is 5.58. The molecule has 0 radical (unpaired) electrons. The molecular formula is C14H21FN2OS. The Labute approximate surface area is 118 Å². The molecule has 1 aromatic carbocycles. The van der Waals surface area contributed by atoms with Gasteiger partial charge in [-0.15, -0.1) is 0 Å². The Kier molecular flexibility index (Phi) is 7.33. The Balaban J connectivity index is 2.21. The second kappa shape index (κ2) is 8.80. The zero-order valence-electron chi connectivity index (χ0n) is 11.2. The Hall–Kier alpha value is -1.23. The van der Waals surface area contributed by atoms with Crippen molar-refractivity contribution in [2.75, 3.05) is 22.6 Å². The number of hydrogen-bond acceptors (Lipinski definition) is 3. The van der Waals surface area contributed by atoms with Crippen LogP contribution >= 0.6 is 11.8 Å². The number of halogens is 1. The summed E-state index contributed by atoms with van der Waals surface area (Å²) in [5, 5.41) is 2.71. The summed E-state index contributed by atoms with van der Waals surface area (Å²) in [4.78, 5) is 11.6. The van der Waals surface area contributed by atoms with Crippen molar-refractivity contribution in [3.63, 3.8) is 0 Å². The quantitative estimate of drug-likeness (QED) is 0.566. The van der Waals surface area contributed by atoms with Crippen molar-refractivity contribution in [3.8, 4) is 0 Å². The van der Waals surface area contributed by atoms with E-state index in [9.17, 15) is 9.18 Å². The Bertz CT molecular complexity index is 412. The molecule has 0 saturated heterocycles. The van der Waals surface area contributed by atoms with E-state index >= 15 is 0 Å². The Morgan fingerprint density at radius 2 is 2.16 bits per heavy atom. The van der Waals surface area contributed by atoms with Crippen LogP contribution in [0.2, 0.25) is 0 Å². The zero-order valence-corrected chi connectivity index (χ0v) is 12.1. The molecule has 0 aliphatic heterocycles. The first-order valence-corrected chi connectivity index (χ1v) is 7.71. The lowest BCUT2D eigenvalue weighted by atomic mass is 10.2. The van der Waals surface area contributed by atoms with Crippen LogP contribution in [0, 0.1) is 5.82 Å². The molecule has 0 bridgehead atoms. The van der Waals surface area contributed by atoms with Crippen molar-refractivity contribution in [2.45, 2.75) is 32.6 Å². The first-order chi connectivity index (χ1) is 9.13. The van der Waals surface area contributed by atoms with Crippen molar-refractivity contribution >= 4 is 29.0 Å². The second-order valence-electron chi connectivity index (χ2n) is 4.35. The van der Waals surface area contributed by atoms with Crippen LogP contribution in [-0.2, 0) is 4.79 Å². The number of carbonyl (C=O) groups excluding carboxylic acids is 1. The van der Waals surface area contributed by atoms with Gasteiger partial charge in [0, 0.05) is 17.9 Å². The van der Waals surface area contributed by atoms with Crippen LogP contribution in [0.15, 0.2) is 18.2 Å². The minimum absolute atomic E-state index is 0.0479. The van der Waals surface area contributed by atoms with Crippen LogP contribution in [0.3, 0.4) is 0 Å². The average molecular weight is 284 g/mol. The number of anilines is 2. The standard InChI is InChI=1S/C14H21FN2OS/c1-2-3-4-8-19-9-7-14(18)17-11-5-6-12(15)13(16)10-11/h5-6,10H,2-4,7-9,16H2,1H3,(H,17,18). The fourth-order valence-electron chi connectivity index (χ4n) is 1.57. The van der Waals surface area contributed by atoms with Gasteiger partial charge in [-0.05, 0) is 30.4 Å². The van der Waals surface area contributed by atoms with Crippen LogP contribution in [0.5, 0.6) is 0 Å². The van der Waals surface area contributed by atoms with Crippen LogP contribution in [0.1, 0.15) is 32.6 Å². The molecule has 1 aromatic rings. The van der Waals surface area contributed by atoms with E-state index in [2.05, 4.69) is 12.2 Å². The fraction of sp³-hybridized carbons (Fsp3) is 0.500. The maximum atomic E-state index is 12.9. The molecule has 5 heteroatoms. The smallest absolute Gasteiger partial charge is 0.225 e. The van der Waals surface area contributed by atoms with Crippen molar-refractivity contribution in [1.82, 2.24) is 0 Å². The molecule has 0 atom stereocenters. The number of nitrogen functional groups attached to an aromatic ring is 1. The molecule has 3 nitrogen and oxygen atoms in total. The number of amides is 1. The molecule has 0 aliphatic carbocycles. The van der Waals surface area contributed by atoms with Gasteiger partial charge in [0.15, 0.2) is 0 Å². The molecule has 1 rings (SSSR count). The molecule has 0 unspecified atom stereocenters. The molecule has 1 amide bonds. The molecular weight excluding hydrogens is 263 g/mol. The van der Waals surface area contributed by atoms with E-state index in [-0.39, 0.29) is 11.6 Å². The molecule has 0 heterocycles. The number of nitrogens with one attached hydrogen (secondary N) is 1. The van der Waals surface area contributed by atoms with E-state index in [1.807, 2.05) is 0 Å². The average Bonchev–Trinajstić information content (AvgIpc) is 2.38. The summed E-state index contributed by atoms with van der Waals surface area (Å²) in [7, 11) is 0. The highest BCUT2D eigenvalue weighted by Gasteiger charge is 2.04. The maximum Gasteiger partial charge on any atom is 0.225 e. The first kappa shape index (κ1) is 15.8. The zero-order chi connectivity index (χ0) is 14.1. The summed E-state index contributed by atoms with van der Waals surface area (Å²) in [6.07, 6.45) is 4.13. The van der Waals surface area contributed by atoms with Crippen molar-refractivity contribution in [1.29, 1.82) is 0 Å². The van der Waals surface area contributed by atoms with E-state index in [0.717, 1.165) is 11.5 Å². The summed E-state index contributed by atoms with van der Waals surface area (Å²) in [5.41, 5.74) is 6.02. The largest absolute Gasteiger partial charge is 0.396 e. The number of rotatable bonds is 8. The topological polar surface area (TPSA) is 55.1 Å². The SMILES string of the molecule is CCCCCSCCC(=O)Nc1ccc(F)c(N)c1. The molecule has 0 spiro atoms. The first-order valence-electron chi connectivity index (χ1n) is 6.56. The highest BCUT2D eigenvalue weighted by atomic mass is 32.2. The summed E-state index contributed by atoms with van der Waals surface area (Å²) < 4.78 is 12.9. The van der Waals surface area contributed by atoms with Gasteiger partial charge in [0.2, 0.25) is 5.91 Å². The number of hydrogen-bond donors (Lipinski definition) is 2. The lowest BCUT2D eigenvalue weighted by Crippen LogP contribution is -2.12. The third-order valence-corrected chi connectivity index (χ3v) is 3.72. The van der Waals surface area contributed by atoms with Gasteiger partial charge in [0.1, 0.15) is 5.82 Å². The van der Waals surface area contributed by atoms with Gasteiger partial charge in [-0.25, -0.2) is 4.39 Å². The molecule has 0 aliphatic rings. The highest BCUT2D eigenvalue weighted by molar-refractivity contribution is 7.99. The number of benzene rings is 1. The summed E-state index contributed by atoms with van der Waals surface area (Å²) >= 11 is 1.79. The van der Waals surface area contributed by atoms with Gasteiger partial charge in [0.05, 0.1) is 5.69 Å². The van der Waals surface area contributed by atoms with Gasteiger partial charge < -0.3 is 11.1 Å². The molecule has 106 valence electrons. The normalized spacial score (nSPS) is 10.4. The third-order valence-electron chi connectivity index (χ3n) is 2.65. The van der Waals surface area contributed by atoms with E-state index < -0.39 is 5.82 Å². The third kappa shape index (κ3) is 6.47. The highest BCUT2D eigenvalue weighted by Crippen LogP contribution is 2.16. The van der Waals surface area contributed by atoms with Crippen molar-refractivity contribution in [3.05, 3.63) is 24.0 Å². The molecule has 0 saturated carbocycles. The minimum Gasteiger partial charge on any atom is -0.396 e. The lowest BCUT2D eigenvalue weighted by Gasteiger charge is -2.06. The van der Waals surface area contributed by atoms with Gasteiger partial charge in [-0.1, -0.05) is 19.8 Å². The predicted molar refractivity (Wildman–Crippen MR) is 80.9 cm³/mol. The lowest BCUT2D eigenvalue weighted by molar-refractivity contribution is -0.115. The number of unbranched alkanes of at least 4 members (excludes halogenated alkanes) is 2. The van der Waals surface area contributed by atoms with E-state index in [4.69, 9.17) is 5.73 Å². The minimum atomic E-state index is -0.468. The summed E-state index contributed by atoms with van der Waals surface area (Å²) in [6.45, 7) is 2.17. The van der Waals surface area contributed by atoms with Gasteiger partial charge in [-0.2, -0.15) is 11.8 Å². The summed E-state index contributed by atoms with van der Waals surface area (Å²) in [5.74, 6) is 1.38. The number of carbonyl (C=O) groups is 1. The Morgan fingerprint density at radius 3 is 2.84 bits per heavy atom. The Morgan fingerprint density at radius 1 is 1.37 bits per heavy atom. The van der Waals surface area contributed by atoms with Crippen molar-refractivity contribution in [2.24, 2.45) is 0 Å². The van der Waals surface area contributed by atoms with Crippen LogP contribution < -0.4 is 11.1 Å². The van der Waals surface area contributed by atoms with Gasteiger partial charge in [0.25, 0.3) is 0 Å². The van der Waals surface area contributed by atoms with Gasteiger partial charge >= 0.3 is 0 Å². The fourth-order valence-corrected chi connectivity index (χ4v) is 2.51. The maximum absolute atomic E-state index is 12.9. The number of nitrogens with two attached hydrogens (primary N) is 1. The number of thioether (sulfide) groups is 1. The van der Waals surface area contributed by atoms with Crippen molar-refractivity contribution < 1.29 is 9.18 Å². The van der Waals surface area contributed by atoms with Crippen LogP contribution in [-0.4, -0.2) is 17.4 Å².